The number of nitrogens with zero attached hydrogens (tertiary/aromatic N) is 2. The molecule has 1 heterocycles. The van der Waals surface area contributed by atoms with Gasteiger partial charge in [0.2, 0.25) is 5.88 Å². The van der Waals surface area contributed by atoms with Crippen molar-refractivity contribution >= 4 is 11.1 Å². The van der Waals surface area contributed by atoms with Gasteiger partial charge in [-0.2, -0.15) is 11.1 Å². The Labute approximate surface area is 87.9 Å². The molecule has 80 valence electrons. The number of aromatic nitrogens is 2. The second-order valence-electron chi connectivity index (χ2n) is 4.03. The third-order valence-corrected chi connectivity index (χ3v) is 3.70. The van der Waals surface area contributed by atoms with Crippen LogP contribution < -0.4 is 4.74 Å². The molecule has 0 N–H and O–H groups in total. The quantitative estimate of drug-likeness (QED) is 0.777. The summed E-state index contributed by atoms with van der Waals surface area (Å²) in [6, 6.07) is 1.96. The summed E-state index contributed by atoms with van der Waals surface area (Å²) in [6.45, 7) is 0.850. The summed E-state index contributed by atoms with van der Waals surface area (Å²) < 4.78 is 7.61. The molecular formula is C10H18N2OS. The van der Waals surface area contributed by atoms with E-state index in [-0.39, 0.29) is 11.1 Å². The standard InChI is InChI=1S/C10H18N2OS/c1-14(2)12-7-6-10(11-12)13-8-9-4-3-5-9/h6-7,9,14H,3-5,8H2,1-2H3. The summed E-state index contributed by atoms with van der Waals surface area (Å²) in [5.41, 5.74) is 0. The van der Waals surface area contributed by atoms with Crippen molar-refractivity contribution in [3.05, 3.63) is 12.3 Å². The molecule has 1 fully saturated rings. The first-order valence-corrected chi connectivity index (χ1v) is 7.30. The minimum atomic E-state index is -0.165. The van der Waals surface area contributed by atoms with Gasteiger partial charge in [0.25, 0.3) is 0 Å². The van der Waals surface area contributed by atoms with E-state index in [1.165, 1.54) is 19.3 Å². The molecule has 0 saturated heterocycles. The highest BCUT2D eigenvalue weighted by molar-refractivity contribution is 8.14. The normalized spacial score (nSPS) is 17.7. The van der Waals surface area contributed by atoms with Gasteiger partial charge in [-0.3, -0.25) is 0 Å². The lowest BCUT2D eigenvalue weighted by molar-refractivity contribution is 0.175. The van der Waals surface area contributed by atoms with Gasteiger partial charge in [-0.05, 0) is 31.3 Å². The Hall–Kier alpha value is -0.640. The van der Waals surface area contributed by atoms with Crippen LogP contribution in [-0.4, -0.2) is 28.3 Å². The summed E-state index contributed by atoms with van der Waals surface area (Å²) in [4.78, 5) is 0. The highest BCUT2D eigenvalue weighted by Gasteiger charge is 2.18. The lowest BCUT2D eigenvalue weighted by atomic mass is 9.86. The van der Waals surface area contributed by atoms with Crippen LogP contribution in [-0.2, 0) is 0 Å². The van der Waals surface area contributed by atoms with E-state index in [0.717, 1.165) is 18.4 Å². The van der Waals surface area contributed by atoms with Crippen molar-refractivity contribution in [2.75, 3.05) is 19.1 Å². The van der Waals surface area contributed by atoms with Crippen molar-refractivity contribution in [1.82, 2.24) is 9.19 Å². The number of hydrogen-bond donors (Lipinski definition) is 1. The Balaban J connectivity index is 1.83. The minimum Gasteiger partial charge on any atom is -0.476 e. The van der Waals surface area contributed by atoms with Crippen molar-refractivity contribution in [3.63, 3.8) is 0 Å². The zero-order chi connectivity index (χ0) is 9.97. The van der Waals surface area contributed by atoms with Crippen molar-refractivity contribution in [2.24, 2.45) is 5.92 Å². The SMILES string of the molecule is C[SH](C)n1ccc(OCC2CCC2)n1. The van der Waals surface area contributed by atoms with Gasteiger partial charge in [0.15, 0.2) is 0 Å². The molecule has 0 atom stereocenters. The molecule has 1 aromatic rings. The van der Waals surface area contributed by atoms with Crippen LogP contribution in [0.3, 0.4) is 0 Å². The largest absolute Gasteiger partial charge is 0.476 e. The molecule has 1 aliphatic carbocycles. The monoisotopic (exact) mass is 214 g/mol. The van der Waals surface area contributed by atoms with Gasteiger partial charge in [-0.15, -0.1) is 5.10 Å². The highest BCUT2D eigenvalue weighted by atomic mass is 32.2. The molecule has 0 amide bonds. The molecule has 3 nitrogen and oxygen atoms in total. The van der Waals surface area contributed by atoms with E-state index in [1.807, 2.05) is 16.4 Å². The molecule has 0 aliphatic heterocycles. The molecule has 1 saturated carbocycles. The van der Waals surface area contributed by atoms with Crippen LogP contribution in [0.5, 0.6) is 5.88 Å². The van der Waals surface area contributed by atoms with Crippen molar-refractivity contribution in [1.29, 1.82) is 0 Å². The van der Waals surface area contributed by atoms with E-state index in [0.29, 0.717) is 0 Å². The van der Waals surface area contributed by atoms with Crippen molar-refractivity contribution < 1.29 is 4.74 Å². The van der Waals surface area contributed by atoms with Gasteiger partial charge >= 0.3 is 0 Å². The van der Waals surface area contributed by atoms with Crippen LogP contribution in [0.25, 0.3) is 0 Å². The maximum Gasteiger partial charge on any atom is 0.233 e. The van der Waals surface area contributed by atoms with Gasteiger partial charge < -0.3 is 4.74 Å². The smallest absolute Gasteiger partial charge is 0.233 e. The molecule has 14 heavy (non-hydrogen) atoms. The number of rotatable bonds is 4. The lowest BCUT2D eigenvalue weighted by Gasteiger charge is -2.24. The average molecular weight is 214 g/mol. The van der Waals surface area contributed by atoms with Gasteiger partial charge in [0, 0.05) is 12.3 Å². The van der Waals surface area contributed by atoms with E-state index in [4.69, 9.17) is 4.74 Å². The third kappa shape index (κ3) is 2.23. The van der Waals surface area contributed by atoms with E-state index >= 15 is 0 Å². The Morgan fingerprint density at radius 3 is 2.86 bits per heavy atom. The van der Waals surface area contributed by atoms with Crippen LogP contribution in [0.15, 0.2) is 12.3 Å². The van der Waals surface area contributed by atoms with Crippen molar-refractivity contribution in [3.8, 4) is 5.88 Å². The van der Waals surface area contributed by atoms with Crippen LogP contribution in [0, 0.1) is 5.92 Å². The maximum absolute atomic E-state index is 5.62. The number of thiol groups is 1. The summed E-state index contributed by atoms with van der Waals surface area (Å²) in [6.07, 6.45) is 10.4. The highest BCUT2D eigenvalue weighted by Crippen LogP contribution is 2.27. The fourth-order valence-electron chi connectivity index (χ4n) is 1.46. The van der Waals surface area contributed by atoms with Gasteiger partial charge in [-0.1, -0.05) is 6.42 Å². The Morgan fingerprint density at radius 2 is 2.36 bits per heavy atom. The van der Waals surface area contributed by atoms with E-state index < -0.39 is 0 Å². The lowest BCUT2D eigenvalue weighted by Crippen LogP contribution is -2.19. The van der Waals surface area contributed by atoms with E-state index in [2.05, 4.69) is 17.6 Å². The molecule has 0 spiro atoms. The summed E-state index contributed by atoms with van der Waals surface area (Å²) in [5.74, 6) is 1.57. The first-order valence-electron chi connectivity index (χ1n) is 5.12. The molecule has 2 rings (SSSR count). The van der Waals surface area contributed by atoms with Crippen LogP contribution >= 0.6 is 11.1 Å². The summed E-state index contributed by atoms with van der Waals surface area (Å²) in [7, 11) is 0. The Kier molecular flexibility index (Phi) is 3.01. The maximum atomic E-state index is 5.62. The molecule has 4 heteroatoms. The van der Waals surface area contributed by atoms with Crippen LogP contribution in [0.1, 0.15) is 19.3 Å². The van der Waals surface area contributed by atoms with E-state index in [1.54, 1.807) is 0 Å². The topological polar surface area (TPSA) is 27.1 Å². The Morgan fingerprint density at radius 1 is 1.57 bits per heavy atom. The molecule has 0 radical (unpaired) electrons. The second-order valence-corrected chi connectivity index (χ2v) is 6.13. The average Bonchev–Trinajstić information content (AvgIpc) is 2.50. The number of ether oxygens (including phenoxy) is 1. The van der Waals surface area contributed by atoms with E-state index in [9.17, 15) is 0 Å². The van der Waals surface area contributed by atoms with Crippen LogP contribution in [0.4, 0.5) is 0 Å². The van der Waals surface area contributed by atoms with Gasteiger partial charge in [-0.25, -0.2) is 4.09 Å². The number of hydrogen-bond acceptors (Lipinski definition) is 2. The zero-order valence-corrected chi connectivity index (χ0v) is 9.70. The molecular weight excluding hydrogens is 196 g/mol. The summed E-state index contributed by atoms with van der Waals surface area (Å²) >= 11 is -0.165. The molecule has 1 aliphatic rings. The first kappa shape index (κ1) is 9.90. The first-order chi connectivity index (χ1) is 6.75. The molecule has 1 aromatic heterocycles. The second kappa shape index (κ2) is 4.26. The molecule has 0 unspecified atom stereocenters. The summed E-state index contributed by atoms with van der Waals surface area (Å²) in [5, 5.41) is 4.36. The van der Waals surface area contributed by atoms with Gasteiger partial charge in [0.05, 0.1) is 6.61 Å². The molecule has 0 bridgehead atoms. The predicted octanol–water partition coefficient (Wildman–Crippen LogP) is 2.09. The van der Waals surface area contributed by atoms with Crippen LogP contribution in [0.2, 0.25) is 0 Å². The molecule has 0 aromatic carbocycles. The fourth-order valence-corrected chi connectivity index (χ4v) is 2.06. The minimum absolute atomic E-state index is 0.165. The Bertz CT molecular complexity index is 294. The van der Waals surface area contributed by atoms with Crippen molar-refractivity contribution in [2.45, 2.75) is 19.3 Å². The third-order valence-electron chi connectivity index (χ3n) is 2.65. The zero-order valence-electron chi connectivity index (χ0n) is 8.81. The van der Waals surface area contributed by atoms with Gasteiger partial charge in [0.1, 0.15) is 0 Å². The fraction of sp³-hybridized carbons (Fsp3) is 0.700. The predicted molar refractivity (Wildman–Crippen MR) is 61.3 cm³/mol.